The van der Waals surface area contributed by atoms with Crippen LogP contribution in [0.4, 0.5) is 13.2 Å². The lowest BCUT2D eigenvalue weighted by molar-refractivity contribution is 0.447. The van der Waals surface area contributed by atoms with Crippen molar-refractivity contribution in [2.24, 2.45) is 0 Å². The Morgan fingerprint density at radius 3 is 2.05 bits per heavy atom. The highest BCUT2D eigenvalue weighted by Gasteiger charge is 2.23. The van der Waals surface area contributed by atoms with Gasteiger partial charge in [-0.3, -0.25) is 0 Å². The fourth-order valence-corrected chi connectivity index (χ4v) is 2.95. The highest BCUT2D eigenvalue weighted by atomic mass is 127. The third kappa shape index (κ3) is 3.31. The van der Waals surface area contributed by atoms with Crippen LogP contribution < -0.4 is 0 Å². The molecule has 2 nitrogen and oxygen atoms in total. The zero-order valence-electron chi connectivity index (χ0n) is 11.4. The fourth-order valence-electron chi connectivity index (χ4n) is 1.73. The van der Waals surface area contributed by atoms with Crippen LogP contribution in [0, 0.1) is 21.0 Å². The maximum absolute atomic E-state index is 13.3. The minimum absolute atomic E-state index is 0.0372. The number of benzene rings is 1. The number of nitrogens with zero attached hydrogens (tertiary/aromatic N) is 2. The van der Waals surface area contributed by atoms with E-state index in [1.165, 1.54) is 0 Å². The Bertz CT molecular complexity index is 691. The van der Waals surface area contributed by atoms with E-state index in [2.05, 4.69) is 9.97 Å². The highest BCUT2D eigenvalue weighted by Crippen LogP contribution is 2.32. The van der Waals surface area contributed by atoms with Crippen LogP contribution in [0.15, 0.2) is 12.1 Å². The Labute approximate surface area is 138 Å². The summed E-state index contributed by atoms with van der Waals surface area (Å²) in [6, 6.07) is 1.70. The van der Waals surface area contributed by atoms with Gasteiger partial charge in [-0.05, 0) is 34.7 Å². The molecule has 1 aromatic carbocycles. The molecule has 0 aliphatic rings. The average molecular weight is 427 g/mol. The summed E-state index contributed by atoms with van der Waals surface area (Å²) in [4.78, 5) is 8.35. The van der Waals surface area contributed by atoms with E-state index < -0.39 is 17.5 Å². The molecule has 7 heteroatoms. The Hall–Kier alpha value is -0.890. The van der Waals surface area contributed by atoms with Crippen molar-refractivity contribution in [3.8, 4) is 11.4 Å². The lowest BCUT2D eigenvalue weighted by Gasteiger charge is -2.20. The first-order valence-electron chi connectivity index (χ1n) is 5.99. The molecule has 112 valence electrons. The van der Waals surface area contributed by atoms with Crippen LogP contribution in [-0.2, 0) is 5.41 Å². The number of rotatable bonds is 1. The summed E-state index contributed by atoms with van der Waals surface area (Å²) in [5.41, 5.74) is 0.369. The quantitative estimate of drug-likeness (QED) is 0.359. The van der Waals surface area contributed by atoms with Gasteiger partial charge in [0.25, 0.3) is 0 Å². The van der Waals surface area contributed by atoms with E-state index in [1.54, 1.807) is 0 Å². The Morgan fingerprint density at radius 1 is 1.05 bits per heavy atom. The molecule has 0 atom stereocenters. The molecule has 0 aliphatic heterocycles. The highest BCUT2D eigenvalue weighted by molar-refractivity contribution is 14.1. The summed E-state index contributed by atoms with van der Waals surface area (Å²) in [6.45, 7) is 5.80. The molecule has 2 rings (SSSR count). The van der Waals surface area contributed by atoms with E-state index >= 15 is 0 Å². The van der Waals surface area contributed by atoms with Gasteiger partial charge in [0.2, 0.25) is 0 Å². The summed E-state index contributed by atoms with van der Waals surface area (Å²) < 4.78 is 40.4. The van der Waals surface area contributed by atoms with Crippen molar-refractivity contribution in [3.63, 3.8) is 0 Å². The molecule has 0 bridgehead atoms. The second-order valence-electron chi connectivity index (χ2n) is 5.50. The second kappa shape index (κ2) is 5.72. The molecule has 0 saturated carbocycles. The maximum atomic E-state index is 13.3. The molecule has 21 heavy (non-hydrogen) atoms. The van der Waals surface area contributed by atoms with E-state index in [4.69, 9.17) is 11.6 Å². The van der Waals surface area contributed by atoms with Gasteiger partial charge in [0.1, 0.15) is 5.15 Å². The molecule has 0 spiro atoms. The lowest BCUT2D eigenvalue weighted by Crippen LogP contribution is -2.17. The van der Waals surface area contributed by atoms with Crippen molar-refractivity contribution in [1.29, 1.82) is 0 Å². The summed E-state index contributed by atoms with van der Waals surface area (Å²) in [5, 5.41) is 0.190. The van der Waals surface area contributed by atoms with E-state index in [0.29, 0.717) is 9.26 Å². The minimum atomic E-state index is -1.52. The van der Waals surface area contributed by atoms with Crippen molar-refractivity contribution >= 4 is 34.2 Å². The molecular formula is C14H11ClF3IN2. The van der Waals surface area contributed by atoms with Crippen molar-refractivity contribution in [2.45, 2.75) is 26.2 Å². The first-order valence-corrected chi connectivity index (χ1v) is 7.45. The van der Waals surface area contributed by atoms with Gasteiger partial charge in [-0.1, -0.05) is 32.4 Å². The predicted octanol–water partition coefficient (Wildman–Crippen LogP) is 5.12. The van der Waals surface area contributed by atoms with E-state index in [0.717, 1.165) is 12.1 Å². The summed E-state index contributed by atoms with van der Waals surface area (Å²) in [6.07, 6.45) is 0. The average Bonchev–Trinajstić information content (AvgIpc) is 2.37. The van der Waals surface area contributed by atoms with Crippen molar-refractivity contribution in [3.05, 3.63) is 44.0 Å². The van der Waals surface area contributed by atoms with Crippen molar-refractivity contribution in [2.75, 3.05) is 0 Å². The van der Waals surface area contributed by atoms with Gasteiger partial charge < -0.3 is 0 Å². The van der Waals surface area contributed by atoms with Crippen LogP contribution >= 0.6 is 34.2 Å². The largest absolute Gasteiger partial charge is 0.231 e. The zero-order valence-corrected chi connectivity index (χ0v) is 14.4. The van der Waals surface area contributed by atoms with Crippen LogP contribution in [0.25, 0.3) is 11.4 Å². The van der Waals surface area contributed by atoms with Crippen molar-refractivity contribution in [1.82, 2.24) is 9.97 Å². The third-order valence-corrected chi connectivity index (χ3v) is 4.38. The summed E-state index contributed by atoms with van der Waals surface area (Å²) >= 11 is 8.09. The fraction of sp³-hybridized carbons (Fsp3) is 0.286. The van der Waals surface area contributed by atoms with Gasteiger partial charge in [-0.25, -0.2) is 23.1 Å². The number of halogens is 5. The Kier molecular flexibility index (Phi) is 4.49. The van der Waals surface area contributed by atoms with Crippen LogP contribution in [0.1, 0.15) is 26.5 Å². The predicted molar refractivity (Wildman–Crippen MR) is 83.8 cm³/mol. The molecule has 0 aliphatic carbocycles. The Morgan fingerprint density at radius 2 is 1.57 bits per heavy atom. The normalized spacial score (nSPS) is 11.8. The Balaban J connectivity index is 2.68. The topological polar surface area (TPSA) is 25.8 Å². The smallest absolute Gasteiger partial charge is 0.194 e. The van der Waals surface area contributed by atoms with Crippen LogP contribution in [0.3, 0.4) is 0 Å². The number of aromatic nitrogens is 2. The van der Waals surface area contributed by atoms with Gasteiger partial charge in [-0.15, -0.1) is 0 Å². The molecule has 0 saturated heterocycles. The third-order valence-electron chi connectivity index (χ3n) is 2.76. The number of hydrogen-bond acceptors (Lipinski definition) is 2. The molecule has 1 aromatic heterocycles. The minimum Gasteiger partial charge on any atom is -0.231 e. The first kappa shape index (κ1) is 16.5. The van der Waals surface area contributed by atoms with Gasteiger partial charge in [-0.2, -0.15) is 0 Å². The maximum Gasteiger partial charge on any atom is 0.194 e. The second-order valence-corrected chi connectivity index (χ2v) is 6.94. The van der Waals surface area contributed by atoms with Crippen LogP contribution in [-0.4, -0.2) is 9.97 Å². The molecule has 1 heterocycles. The van der Waals surface area contributed by atoms with Gasteiger partial charge in [0.15, 0.2) is 23.3 Å². The first-order chi connectivity index (χ1) is 9.61. The van der Waals surface area contributed by atoms with E-state index in [1.807, 2.05) is 43.4 Å². The number of hydrogen-bond donors (Lipinski definition) is 0. The van der Waals surface area contributed by atoms with Crippen LogP contribution in [0.5, 0.6) is 0 Å². The molecular weight excluding hydrogens is 416 g/mol. The summed E-state index contributed by atoms with van der Waals surface area (Å²) in [7, 11) is 0. The SMILES string of the molecule is CC(C)(C)c1nc(-c2cc(F)c(F)c(F)c2)nc(Cl)c1I. The zero-order chi connectivity index (χ0) is 15.9. The van der Waals surface area contributed by atoms with E-state index in [-0.39, 0.29) is 22.0 Å². The monoisotopic (exact) mass is 426 g/mol. The van der Waals surface area contributed by atoms with Gasteiger partial charge >= 0.3 is 0 Å². The molecule has 0 unspecified atom stereocenters. The van der Waals surface area contributed by atoms with Gasteiger partial charge in [0, 0.05) is 11.0 Å². The summed E-state index contributed by atoms with van der Waals surface area (Å²) in [5.74, 6) is -4.05. The molecule has 0 amide bonds. The molecule has 0 fully saturated rings. The molecule has 0 radical (unpaired) electrons. The van der Waals surface area contributed by atoms with E-state index in [9.17, 15) is 13.2 Å². The lowest BCUT2D eigenvalue weighted by atomic mass is 9.92. The van der Waals surface area contributed by atoms with Gasteiger partial charge in [0.05, 0.1) is 9.26 Å². The van der Waals surface area contributed by atoms with Crippen LogP contribution in [0.2, 0.25) is 5.15 Å². The molecule has 2 aromatic rings. The standard InChI is InChI=1S/C14H11ClF3IN2/c1-14(2,3)11-10(19)12(15)21-13(20-11)6-4-7(16)9(18)8(17)5-6/h4-5H,1-3H3. The van der Waals surface area contributed by atoms with Crippen molar-refractivity contribution < 1.29 is 13.2 Å². The molecule has 0 N–H and O–H groups in total.